The normalized spacial score (nSPS) is 12.6. The molecule has 0 saturated heterocycles. The van der Waals surface area contributed by atoms with Gasteiger partial charge in [-0.1, -0.05) is 18.2 Å². The summed E-state index contributed by atoms with van der Waals surface area (Å²) in [5, 5.41) is 6.49. The van der Waals surface area contributed by atoms with E-state index in [2.05, 4.69) is 17.2 Å². The van der Waals surface area contributed by atoms with E-state index in [-0.39, 0.29) is 11.9 Å². The fourth-order valence-corrected chi connectivity index (χ4v) is 2.53. The van der Waals surface area contributed by atoms with Crippen molar-refractivity contribution in [3.63, 3.8) is 0 Å². The van der Waals surface area contributed by atoms with Crippen LogP contribution in [-0.4, -0.2) is 11.0 Å². The molecule has 0 aliphatic heterocycles. The molecule has 96 valence electrons. The highest BCUT2D eigenvalue weighted by Crippen LogP contribution is 2.11. The Morgan fingerprint density at radius 2 is 2.17 bits per heavy atom. The van der Waals surface area contributed by atoms with Crippen LogP contribution in [0.3, 0.4) is 0 Å². The quantitative estimate of drug-likeness (QED) is 0.896. The fraction of sp³-hybridized carbons (Fsp3) is 0.357. The van der Waals surface area contributed by atoms with E-state index in [9.17, 15) is 4.39 Å². The standard InChI is InChI=1S/C14H17FN2S/c1-10(7-12-5-3-4-6-13(12)15)16-8-14-17-11(2)9-18-14/h3-6,9-10,16H,7-8H2,1-2H3. The van der Waals surface area contributed by atoms with Gasteiger partial charge in [0, 0.05) is 23.7 Å². The van der Waals surface area contributed by atoms with Crippen molar-refractivity contribution in [3.05, 3.63) is 51.7 Å². The Hall–Kier alpha value is -1.26. The van der Waals surface area contributed by atoms with Crippen molar-refractivity contribution >= 4 is 11.3 Å². The van der Waals surface area contributed by atoms with Crippen LogP contribution in [0.4, 0.5) is 4.39 Å². The number of hydrogen-bond donors (Lipinski definition) is 1. The number of rotatable bonds is 5. The van der Waals surface area contributed by atoms with Crippen LogP contribution in [-0.2, 0) is 13.0 Å². The molecule has 18 heavy (non-hydrogen) atoms. The van der Waals surface area contributed by atoms with Gasteiger partial charge in [0.15, 0.2) is 0 Å². The summed E-state index contributed by atoms with van der Waals surface area (Å²) in [7, 11) is 0. The minimum absolute atomic E-state index is 0.128. The van der Waals surface area contributed by atoms with E-state index in [0.717, 1.165) is 22.8 Å². The summed E-state index contributed by atoms with van der Waals surface area (Å²) in [5.41, 5.74) is 1.81. The molecule has 0 saturated carbocycles. The molecule has 1 aromatic carbocycles. The van der Waals surface area contributed by atoms with Gasteiger partial charge in [0.25, 0.3) is 0 Å². The first-order valence-electron chi connectivity index (χ1n) is 6.03. The predicted octanol–water partition coefficient (Wildman–Crippen LogP) is 3.31. The molecule has 0 aliphatic carbocycles. The molecule has 0 amide bonds. The molecule has 0 aliphatic rings. The monoisotopic (exact) mass is 264 g/mol. The lowest BCUT2D eigenvalue weighted by Gasteiger charge is -2.13. The van der Waals surface area contributed by atoms with E-state index in [0.29, 0.717) is 6.42 Å². The van der Waals surface area contributed by atoms with E-state index < -0.39 is 0 Å². The molecule has 2 rings (SSSR count). The molecule has 0 bridgehead atoms. The zero-order valence-electron chi connectivity index (χ0n) is 10.6. The van der Waals surface area contributed by atoms with Crippen LogP contribution in [0.2, 0.25) is 0 Å². The van der Waals surface area contributed by atoms with Crippen LogP contribution in [0.1, 0.15) is 23.2 Å². The summed E-state index contributed by atoms with van der Waals surface area (Å²) in [6.45, 7) is 4.80. The summed E-state index contributed by atoms with van der Waals surface area (Å²) in [4.78, 5) is 4.39. The largest absolute Gasteiger partial charge is 0.308 e. The molecule has 2 aromatic rings. The van der Waals surface area contributed by atoms with Gasteiger partial charge in [0.05, 0.1) is 0 Å². The summed E-state index contributed by atoms with van der Waals surface area (Å²) < 4.78 is 13.5. The summed E-state index contributed by atoms with van der Waals surface area (Å²) >= 11 is 1.65. The Morgan fingerprint density at radius 3 is 2.83 bits per heavy atom. The van der Waals surface area contributed by atoms with Crippen LogP contribution in [0.5, 0.6) is 0 Å². The first-order valence-corrected chi connectivity index (χ1v) is 6.91. The number of aromatic nitrogens is 1. The number of benzene rings is 1. The van der Waals surface area contributed by atoms with Crippen molar-refractivity contribution in [2.75, 3.05) is 0 Å². The first-order chi connectivity index (χ1) is 8.65. The number of aryl methyl sites for hydroxylation is 1. The molecular weight excluding hydrogens is 247 g/mol. The number of nitrogens with one attached hydrogen (secondary N) is 1. The second-order valence-electron chi connectivity index (χ2n) is 4.46. The van der Waals surface area contributed by atoms with Gasteiger partial charge in [-0.3, -0.25) is 0 Å². The molecule has 1 aromatic heterocycles. The average Bonchev–Trinajstić information content (AvgIpc) is 2.76. The molecule has 1 heterocycles. The van der Waals surface area contributed by atoms with Gasteiger partial charge < -0.3 is 5.32 Å². The SMILES string of the molecule is Cc1csc(CNC(C)Cc2ccccc2F)n1. The number of thiazole rings is 1. The zero-order chi connectivity index (χ0) is 13.0. The Balaban J connectivity index is 1.85. The summed E-state index contributed by atoms with van der Waals surface area (Å²) in [6, 6.07) is 7.16. The van der Waals surface area contributed by atoms with Crippen molar-refractivity contribution in [3.8, 4) is 0 Å². The molecule has 4 heteroatoms. The van der Waals surface area contributed by atoms with Gasteiger partial charge in [-0.15, -0.1) is 11.3 Å². The second-order valence-corrected chi connectivity index (χ2v) is 5.40. The Morgan fingerprint density at radius 1 is 1.39 bits per heavy atom. The van der Waals surface area contributed by atoms with Gasteiger partial charge in [-0.05, 0) is 31.9 Å². The fourth-order valence-electron chi connectivity index (χ4n) is 1.81. The van der Waals surface area contributed by atoms with Gasteiger partial charge >= 0.3 is 0 Å². The van der Waals surface area contributed by atoms with Crippen LogP contribution >= 0.6 is 11.3 Å². The van der Waals surface area contributed by atoms with Crippen LogP contribution < -0.4 is 5.32 Å². The van der Waals surface area contributed by atoms with E-state index >= 15 is 0 Å². The van der Waals surface area contributed by atoms with Crippen LogP contribution in [0.15, 0.2) is 29.6 Å². The number of hydrogen-bond acceptors (Lipinski definition) is 3. The smallest absolute Gasteiger partial charge is 0.126 e. The Bertz CT molecular complexity index is 510. The van der Waals surface area contributed by atoms with Crippen molar-refractivity contribution in [2.24, 2.45) is 0 Å². The second kappa shape index (κ2) is 6.07. The van der Waals surface area contributed by atoms with Gasteiger partial charge in [0.1, 0.15) is 10.8 Å². The van der Waals surface area contributed by atoms with Gasteiger partial charge in [0.2, 0.25) is 0 Å². The molecular formula is C14H17FN2S. The van der Waals surface area contributed by atoms with Crippen LogP contribution in [0, 0.1) is 12.7 Å². The van der Waals surface area contributed by atoms with Gasteiger partial charge in [-0.25, -0.2) is 9.37 Å². The van der Waals surface area contributed by atoms with Crippen molar-refractivity contribution in [2.45, 2.75) is 32.9 Å². The summed E-state index contributed by atoms with van der Waals surface area (Å²) in [6.07, 6.45) is 0.691. The lowest BCUT2D eigenvalue weighted by molar-refractivity contribution is 0.525. The Kier molecular flexibility index (Phi) is 4.44. The third-order valence-electron chi connectivity index (χ3n) is 2.75. The van der Waals surface area contributed by atoms with E-state index in [4.69, 9.17) is 0 Å². The van der Waals surface area contributed by atoms with Crippen molar-refractivity contribution in [1.82, 2.24) is 10.3 Å². The topological polar surface area (TPSA) is 24.9 Å². The van der Waals surface area contributed by atoms with Crippen molar-refractivity contribution in [1.29, 1.82) is 0 Å². The predicted molar refractivity (Wildman–Crippen MR) is 73.3 cm³/mol. The molecule has 1 unspecified atom stereocenters. The van der Waals surface area contributed by atoms with Gasteiger partial charge in [-0.2, -0.15) is 0 Å². The third-order valence-corrected chi connectivity index (χ3v) is 3.72. The lowest BCUT2D eigenvalue weighted by Crippen LogP contribution is -2.27. The lowest BCUT2D eigenvalue weighted by atomic mass is 10.1. The minimum Gasteiger partial charge on any atom is -0.308 e. The molecule has 0 fully saturated rings. The highest BCUT2D eigenvalue weighted by Gasteiger charge is 2.07. The average molecular weight is 264 g/mol. The Labute approximate surface area is 111 Å². The number of halogens is 1. The van der Waals surface area contributed by atoms with E-state index in [1.807, 2.05) is 24.4 Å². The van der Waals surface area contributed by atoms with Crippen molar-refractivity contribution < 1.29 is 4.39 Å². The van der Waals surface area contributed by atoms with E-state index in [1.54, 1.807) is 17.4 Å². The molecule has 0 radical (unpaired) electrons. The minimum atomic E-state index is -0.128. The molecule has 0 spiro atoms. The van der Waals surface area contributed by atoms with Crippen LogP contribution in [0.25, 0.3) is 0 Å². The maximum Gasteiger partial charge on any atom is 0.126 e. The highest BCUT2D eigenvalue weighted by molar-refractivity contribution is 7.09. The third kappa shape index (κ3) is 3.62. The molecule has 1 N–H and O–H groups in total. The number of nitrogens with zero attached hydrogens (tertiary/aromatic N) is 1. The molecule has 2 nitrogen and oxygen atoms in total. The maximum atomic E-state index is 13.5. The zero-order valence-corrected chi connectivity index (χ0v) is 11.4. The first kappa shape index (κ1) is 13.2. The summed E-state index contributed by atoms with van der Waals surface area (Å²) in [5.74, 6) is -0.128. The van der Waals surface area contributed by atoms with E-state index in [1.165, 1.54) is 6.07 Å². The highest BCUT2D eigenvalue weighted by atomic mass is 32.1. The maximum absolute atomic E-state index is 13.5. The molecule has 1 atom stereocenters.